The van der Waals surface area contributed by atoms with Crippen LogP contribution >= 0.6 is 35.1 Å². The van der Waals surface area contributed by atoms with E-state index in [0.29, 0.717) is 24.6 Å². The van der Waals surface area contributed by atoms with Crippen molar-refractivity contribution in [3.05, 3.63) is 51.9 Å². The maximum Gasteiger partial charge on any atom is 0.417 e. The second-order valence-electron chi connectivity index (χ2n) is 10.4. The molecule has 2 heterocycles. The summed E-state index contributed by atoms with van der Waals surface area (Å²) in [6, 6.07) is 3.72. The van der Waals surface area contributed by atoms with E-state index in [1.165, 1.54) is 37.2 Å². The molecule has 0 atom stereocenters. The van der Waals surface area contributed by atoms with Gasteiger partial charge in [0.1, 0.15) is 17.4 Å². The van der Waals surface area contributed by atoms with Crippen LogP contribution in [0, 0.1) is 11.2 Å². The van der Waals surface area contributed by atoms with Crippen LogP contribution in [0.4, 0.5) is 23.4 Å². The fraction of sp³-hybridized carbons (Fsp3) is 0.600. The predicted molar refractivity (Wildman–Crippen MR) is 168 cm³/mol. The molecule has 0 unspecified atom stereocenters. The average molecular weight is 657 g/mol. The van der Waals surface area contributed by atoms with E-state index in [9.17, 15) is 22.4 Å². The summed E-state index contributed by atoms with van der Waals surface area (Å²) in [6.07, 6.45) is 2.15. The van der Waals surface area contributed by atoms with Crippen molar-refractivity contribution in [2.45, 2.75) is 79.3 Å². The van der Waals surface area contributed by atoms with Crippen LogP contribution in [-0.4, -0.2) is 42.7 Å². The minimum absolute atomic E-state index is 0.000694. The van der Waals surface area contributed by atoms with Crippen molar-refractivity contribution < 1.29 is 27.1 Å². The molecular weight excluding hydrogens is 613 g/mol. The summed E-state index contributed by atoms with van der Waals surface area (Å²) in [6.45, 7) is 13.6. The summed E-state index contributed by atoms with van der Waals surface area (Å²) in [5.74, 6) is 0.506. The molecule has 1 aliphatic carbocycles. The fourth-order valence-electron chi connectivity index (χ4n) is 3.96. The van der Waals surface area contributed by atoms with Gasteiger partial charge in [0.05, 0.1) is 22.8 Å². The fourth-order valence-corrected chi connectivity index (χ4v) is 4.63. The van der Waals surface area contributed by atoms with Gasteiger partial charge in [-0.05, 0) is 36.5 Å². The number of pyridine rings is 1. The van der Waals surface area contributed by atoms with Gasteiger partial charge in [-0.1, -0.05) is 77.9 Å². The Morgan fingerprint density at radius 1 is 1.12 bits per heavy atom. The lowest BCUT2D eigenvalue weighted by Crippen LogP contribution is -2.58. The first-order valence-corrected chi connectivity index (χ1v) is 16.2. The number of carbonyl (C=O) groups excluding carboxylic acids is 1. The van der Waals surface area contributed by atoms with Crippen LogP contribution in [0.5, 0.6) is 5.75 Å². The van der Waals surface area contributed by atoms with Gasteiger partial charge in [-0.25, -0.2) is 9.37 Å². The monoisotopic (exact) mass is 655 g/mol. The highest BCUT2D eigenvalue weighted by atomic mass is 35.5. The first-order chi connectivity index (χ1) is 19.8. The molecule has 1 amide bonds. The van der Waals surface area contributed by atoms with E-state index < -0.39 is 23.5 Å². The van der Waals surface area contributed by atoms with Gasteiger partial charge in [0, 0.05) is 42.9 Å². The van der Waals surface area contributed by atoms with Crippen LogP contribution < -0.4 is 14.4 Å². The van der Waals surface area contributed by atoms with Gasteiger partial charge in [0.25, 0.3) is 5.91 Å². The number of aromatic nitrogens is 1. The highest BCUT2D eigenvalue weighted by Crippen LogP contribution is 2.46. The molecule has 238 valence electrons. The lowest BCUT2D eigenvalue weighted by Gasteiger charge is -2.48. The van der Waals surface area contributed by atoms with E-state index in [1.54, 1.807) is 11.0 Å². The minimum atomic E-state index is -4.51. The highest BCUT2D eigenvalue weighted by molar-refractivity contribution is 7.97. The van der Waals surface area contributed by atoms with Crippen molar-refractivity contribution in [1.29, 1.82) is 0 Å². The quantitative estimate of drug-likeness (QED) is 0.174. The molecule has 5 nitrogen and oxygen atoms in total. The summed E-state index contributed by atoms with van der Waals surface area (Å²) < 4.78 is 61.9. The van der Waals surface area contributed by atoms with E-state index >= 15 is 0 Å². The second-order valence-corrected chi connectivity index (χ2v) is 11.9. The van der Waals surface area contributed by atoms with Crippen molar-refractivity contribution in [1.82, 2.24) is 9.71 Å². The van der Waals surface area contributed by atoms with E-state index in [-0.39, 0.29) is 34.3 Å². The average Bonchev–Trinajstić information content (AvgIpc) is 3.76. The van der Waals surface area contributed by atoms with Crippen LogP contribution in [0.2, 0.25) is 5.02 Å². The third-order valence-electron chi connectivity index (χ3n) is 5.84. The van der Waals surface area contributed by atoms with E-state index in [4.69, 9.17) is 16.3 Å². The summed E-state index contributed by atoms with van der Waals surface area (Å²) in [7, 11) is 0. The number of halogens is 6. The lowest BCUT2D eigenvalue weighted by atomic mass is 9.83. The van der Waals surface area contributed by atoms with E-state index in [1.807, 2.05) is 13.8 Å². The van der Waals surface area contributed by atoms with E-state index in [0.717, 1.165) is 30.7 Å². The third kappa shape index (κ3) is 11.3. The zero-order chi connectivity index (χ0) is 32.1. The van der Waals surface area contributed by atoms with E-state index in [2.05, 4.69) is 49.0 Å². The van der Waals surface area contributed by atoms with Gasteiger partial charge in [-0.2, -0.15) is 13.2 Å². The Hall–Kier alpha value is -1.91. The first kappa shape index (κ1) is 38.1. The Balaban J connectivity index is 0.000000998. The Labute approximate surface area is 262 Å². The number of rotatable bonds is 8. The SMILES string of the molecule is CCC.CCC.CCSNC(=O)c1cc(C2CC2)c(OCC2(C)CN(c3ncc(C(F)(F)F)cc3Cl)C2)cc1F.CCl. The number of anilines is 1. The maximum atomic E-state index is 14.7. The molecule has 1 N–H and O–H groups in total. The van der Waals surface area contributed by atoms with Crippen molar-refractivity contribution in [3.63, 3.8) is 0 Å². The number of hydrogen-bond donors (Lipinski definition) is 1. The van der Waals surface area contributed by atoms with Gasteiger partial charge in [0.2, 0.25) is 0 Å². The highest BCUT2D eigenvalue weighted by Gasteiger charge is 2.42. The van der Waals surface area contributed by atoms with Crippen molar-refractivity contribution in [2.75, 3.05) is 36.7 Å². The maximum absolute atomic E-state index is 14.7. The lowest BCUT2D eigenvalue weighted by molar-refractivity contribution is -0.137. The molecular formula is C30H43Cl2F4N3O2S. The molecule has 4 rings (SSSR count). The molecule has 42 heavy (non-hydrogen) atoms. The predicted octanol–water partition coefficient (Wildman–Crippen LogP) is 9.76. The molecule has 0 spiro atoms. The number of nitrogens with zero attached hydrogens (tertiary/aromatic N) is 2. The smallest absolute Gasteiger partial charge is 0.417 e. The topological polar surface area (TPSA) is 54.5 Å². The molecule has 1 aromatic carbocycles. The molecule has 12 heteroatoms. The number of nitrogens with one attached hydrogen (secondary N) is 1. The molecule has 1 aliphatic heterocycles. The summed E-state index contributed by atoms with van der Waals surface area (Å²) in [4.78, 5) is 18.0. The van der Waals surface area contributed by atoms with Crippen LogP contribution in [0.3, 0.4) is 0 Å². The van der Waals surface area contributed by atoms with Gasteiger partial charge in [-0.15, -0.1) is 11.6 Å². The van der Waals surface area contributed by atoms with Gasteiger partial charge >= 0.3 is 6.18 Å². The molecule has 1 saturated heterocycles. The Kier molecular flexibility index (Phi) is 16.4. The minimum Gasteiger partial charge on any atom is -0.492 e. The number of ether oxygens (including phenoxy) is 1. The summed E-state index contributed by atoms with van der Waals surface area (Å²) >= 11 is 11.9. The van der Waals surface area contributed by atoms with Crippen LogP contribution in [-0.2, 0) is 6.18 Å². The first-order valence-electron chi connectivity index (χ1n) is 14.1. The normalized spacial score (nSPS) is 15.0. The molecule has 0 radical (unpaired) electrons. The molecule has 0 bridgehead atoms. The van der Waals surface area contributed by atoms with Crippen LogP contribution in [0.15, 0.2) is 24.4 Å². The van der Waals surface area contributed by atoms with Crippen molar-refractivity contribution >= 4 is 46.9 Å². The Morgan fingerprint density at radius 2 is 1.69 bits per heavy atom. The van der Waals surface area contributed by atoms with Crippen LogP contribution in [0.1, 0.15) is 94.6 Å². The molecule has 1 aromatic heterocycles. The zero-order valence-electron chi connectivity index (χ0n) is 25.4. The number of alkyl halides is 4. The standard InChI is InChI=1S/C23H24ClF4N3O2S.2C3H8.CH3Cl/c1-3-34-30-21(32)16-7-15(13-4-5-13)19(8-18(16)25)33-12-22(2)10-31(11-22)20-17(24)6-14(9-29-20)23(26,27)28;2*1-3-2;1-2/h6-9,13H,3-5,10-12H2,1-2H3,(H,30,32);2*3H2,1-2H3;1H3. The number of amides is 1. The second kappa shape index (κ2) is 18.0. The largest absolute Gasteiger partial charge is 0.492 e. The summed E-state index contributed by atoms with van der Waals surface area (Å²) in [5, 5.41) is -0.0639. The molecule has 1 saturated carbocycles. The Bertz CT molecular complexity index is 1130. The molecule has 2 aromatic rings. The third-order valence-corrected chi connectivity index (χ3v) is 6.74. The number of carbonyl (C=O) groups is 1. The molecule has 2 aliphatic rings. The summed E-state index contributed by atoms with van der Waals surface area (Å²) in [5.41, 5.74) is -0.397. The molecule has 2 fully saturated rings. The van der Waals surface area contributed by atoms with Crippen molar-refractivity contribution in [3.8, 4) is 5.75 Å². The van der Waals surface area contributed by atoms with Gasteiger partial charge < -0.3 is 9.64 Å². The number of hydrogen-bond acceptors (Lipinski definition) is 5. The number of benzene rings is 1. The Morgan fingerprint density at radius 3 is 2.17 bits per heavy atom. The van der Waals surface area contributed by atoms with Gasteiger partial charge in [0.15, 0.2) is 0 Å². The zero-order valence-corrected chi connectivity index (χ0v) is 27.8. The van der Waals surface area contributed by atoms with Crippen molar-refractivity contribution in [2.24, 2.45) is 5.41 Å². The van der Waals surface area contributed by atoms with Crippen LogP contribution in [0.25, 0.3) is 0 Å². The van der Waals surface area contributed by atoms with Gasteiger partial charge in [-0.3, -0.25) is 9.52 Å².